The van der Waals surface area contributed by atoms with Crippen molar-refractivity contribution in [2.75, 3.05) is 17.2 Å². The van der Waals surface area contributed by atoms with Gasteiger partial charge in [-0.2, -0.15) is 0 Å². The summed E-state index contributed by atoms with van der Waals surface area (Å²) in [4.78, 5) is 14.7. The van der Waals surface area contributed by atoms with Gasteiger partial charge in [0.05, 0.1) is 4.92 Å². The minimum Gasteiger partial charge on any atom is -0.370 e. The van der Waals surface area contributed by atoms with E-state index in [1.165, 1.54) is 24.3 Å². The van der Waals surface area contributed by atoms with Crippen molar-refractivity contribution in [1.29, 1.82) is 0 Å². The van der Waals surface area contributed by atoms with Crippen LogP contribution in [0.3, 0.4) is 0 Å². The Labute approximate surface area is 121 Å². The van der Waals surface area contributed by atoms with E-state index >= 15 is 0 Å². The smallest absolute Gasteiger partial charge is 0.311 e. The highest BCUT2D eigenvalue weighted by molar-refractivity contribution is 5.67. The van der Waals surface area contributed by atoms with Gasteiger partial charge in [-0.25, -0.2) is 9.37 Å². The highest BCUT2D eigenvalue weighted by Gasteiger charge is 2.16. The van der Waals surface area contributed by atoms with E-state index in [1.54, 1.807) is 12.1 Å². The molecule has 0 saturated carbocycles. The van der Waals surface area contributed by atoms with Crippen LogP contribution in [0.25, 0.3) is 0 Å². The van der Waals surface area contributed by atoms with Gasteiger partial charge in [-0.05, 0) is 30.7 Å². The number of nitrogens with one attached hydrogen (secondary N) is 2. The SMILES string of the molecule is CCCNc1ccc([N+](=O)[O-])c(Nc2cccc(F)c2)n1. The van der Waals surface area contributed by atoms with Crippen LogP contribution in [0.2, 0.25) is 0 Å². The van der Waals surface area contributed by atoms with Crippen molar-refractivity contribution in [2.45, 2.75) is 13.3 Å². The van der Waals surface area contributed by atoms with Gasteiger partial charge < -0.3 is 10.6 Å². The molecule has 0 radical (unpaired) electrons. The molecule has 1 heterocycles. The number of nitrogens with zero attached hydrogens (tertiary/aromatic N) is 2. The van der Waals surface area contributed by atoms with Crippen molar-refractivity contribution in [1.82, 2.24) is 4.98 Å². The lowest BCUT2D eigenvalue weighted by Crippen LogP contribution is -2.05. The van der Waals surface area contributed by atoms with E-state index in [1.807, 2.05) is 6.92 Å². The second kappa shape index (κ2) is 6.65. The number of aromatic nitrogens is 1. The first-order valence-electron chi connectivity index (χ1n) is 6.52. The number of nitro groups is 1. The molecule has 0 atom stereocenters. The summed E-state index contributed by atoms with van der Waals surface area (Å²) in [6.07, 6.45) is 0.908. The van der Waals surface area contributed by atoms with Gasteiger partial charge >= 0.3 is 5.69 Å². The van der Waals surface area contributed by atoms with E-state index in [2.05, 4.69) is 15.6 Å². The Balaban J connectivity index is 2.31. The number of hydrogen-bond acceptors (Lipinski definition) is 5. The lowest BCUT2D eigenvalue weighted by atomic mass is 10.3. The van der Waals surface area contributed by atoms with E-state index in [0.717, 1.165) is 6.42 Å². The first kappa shape index (κ1) is 14.7. The van der Waals surface area contributed by atoms with Crippen LogP contribution in [-0.2, 0) is 0 Å². The monoisotopic (exact) mass is 290 g/mol. The second-order valence-electron chi connectivity index (χ2n) is 4.38. The molecule has 0 unspecified atom stereocenters. The van der Waals surface area contributed by atoms with Crippen molar-refractivity contribution in [3.8, 4) is 0 Å². The standard InChI is InChI=1S/C14H15FN4O2/c1-2-8-16-13-7-6-12(19(20)21)14(18-13)17-11-5-3-4-10(15)9-11/h3-7,9H,2,8H2,1H3,(H2,16,17,18). The average Bonchev–Trinajstić information content (AvgIpc) is 2.45. The van der Waals surface area contributed by atoms with Gasteiger partial charge in [-0.3, -0.25) is 10.1 Å². The highest BCUT2D eigenvalue weighted by atomic mass is 19.1. The number of pyridine rings is 1. The number of rotatable bonds is 6. The van der Waals surface area contributed by atoms with Crippen LogP contribution in [0.5, 0.6) is 0 Å². The summed E-state index contributed by atoms with van der Waals surface area (Å²) in [7, 11) is 0. The van der Waals surface area contributed by atoms with Gasteiger partial charge in [-0.15, -0.1) is 0 Å². The van der Waals surface area contributed by atoms with Crippen molar-refractivity contribution < 1.29 is 9.31 Å². The van der Waals surface area contributed by atoms with Gasteiger partial charge in [0.15, 0.2) is 0 Å². The summed E-state index contributed by atoms with van der Waals surface area (Å²) < 4.78 is 13.2. The summed E-state index contributed by atoms with van der Waals surface area (Å²) in [5, 5.41) is 16.9. The van der Waals surface area contributed by atoms with Gasteiger partial charge in [0.2, 0.25) is 5.82 Å². The fourth-order valence-corrected chi connectivity index (χ4v) is 1.75. The number of benzene rings is 1. The molecule has 0 spiro atoms. The van der Waals surface area contributed by atoms with E-state index in [0.29, 0.717) is 18.1 Å². The van der Waals surface area contributed by atoms with Gasteiger partial charge in [0.25, 0.3) is 0 Å². The molecule has 0 aliphatic carbocycles. The van der Waals surface area contributed by atoms with Gasteiger partial charge in [0, 0.05) is 18.3 Å². The molecule has 2 rings (SSSR count). The van der Waals surface area contributed by atoms with Crippen LogP contribution in [0.1, 0.15) is 13.3 Å². The van der Waals surface area contributed by atoms with Crippen molar-refractivity contribution in [3.63, 3.8) is 0 Å². The molecule has 110 valence electrons. The lowest BCUT2D eigenvalue weighted by molar-refractivity contribution is -0.384. The molecule has 1 aromatic carbocycles. The Hall–Kier alpha value is -2.70. The quantitative estimate of drug-likeness (QED) is 0.626. The molecule has 2 N–H and O–H groups in total. The van der Waals surface area contributed by atoms with Gasteiger partial charge in [0.1, 0.15) is 11.6 Å². The lowest BCUT2D eigenvalue weighted by Gasteiger charge is -2.09. The van der Waals surface area contributed by atoms with Crippen LogP contribution in [0.15, 0.2) is 36.4 Å². The third-order valence-electron chi connectivity index (χ3n) is 2.71. The highest BCUT2D eigenvalue weighted by Crippen LogP contribution is 2.27. The molecule has 0 amide bonds. The van der Waals surface area contributed by atoms with Crippen molar-refractivity contribution >= 4 is 23.0 Å². The second-order valence-corrected chi connectivity index (χ2v) is 4.38. The molecule has 0 bridgehead atoms. The van der Waals surface area contributed by atoms with Crippen molar-refractivity contribution in [2.24, 2.45) is 0 Å². The molecule has 0 aliphatic rings. The van der Waals surface area contributed by atoms with Crippen LogP contribution in [0, 0.1) is 15.9 Å². The fourth-order valence-electron chi connectivity index (χ4n) is 1.75. The van der Waals surface area contributed by atoms with E-state index in [4.69, 9.17) is 0 Å². The van der Waals surface area contributed by atoms with Crippen LogP contribution >= 0.6 is 0 Å². The maximum Gasteiger partial charge on any atom is 0.311 e. The molecule has 21 heavy (non-hydrogen) atoms. The van der Waals surface area contributed by atoms with E-state index < -0.39 is 10.7 Å². The van der Waals surface area contributed by atoms with Gasteiger partial charge in [-0.1, -0.05) is 13.0 Å². The first-order chi connectivity index (χ1) is 10.1. The summed E-state index contributed by atoms with van der Waals surface area (Å²) in [6, 6.07) is 8.59. The predicted octanol–water partition coefficient (Wildman–Crippen LogP) is 3.69. The van der Waals surface area contributed by atoms with E-state index in [-0.39, 0.29) is 11.5 Å². The number of halogens is 1. The third-order valence-corrected chi connectivity index (χ3v) is 2.71. The number of anilines is 3. The van der Waals surface area contributed by atoms with Crippen LogP contribution < -0.4 is 10.6 Å². The Morgan fingerprint density at radius 1 is 1.33 bits per heavy atom. The first-order valence-corrected chi connectivity index (χ1v) is 6.52. The maximum atomic E-state index is 13.2. The van der Waals surface area contributed by atoms with Crippen molar-refractivity contribution in [3.05, 3.63) is 52.3 Å². The summed E-state index contributed by atoms with van der Waals surface area (Å²) in [5.41, 5.74) is 0.236. The Kier molecular flexibility index (Phi) is 4.65. The zero-order valence-corrected chi connectivity index (χ0v) is 11.5. The molecule has 7 heteroatoms. The fraction of sp³-hybridized carbons (Fsp3) is 0.214. The Morgan fingerprint density at radius 3 is 2.81 bits per heavy atom. The average molecular weight is 290 g/mol. The normalized spacial score (nSPS) is 10.2. The molecule has 2 aromatic rings. The summed E-state index contributed by atoms with van der Waals surface area (Å²) in [5.74, 6) is 0.177. The largest absolute Gasteiger partial charge is 0.370 e. The minimum atomic E-state index is -0.530. The minimum absolute atomic E-state index is 0.0757. The van der Waals surface area contributed by atoms with Crippen LogP contribution in [-0.4, -0.2) is 16.5 Å². The Bertz CT molecular complexity index is 649. The molecule has 6 nitrogen and oxygen atoms in total. The zero-order chi connectivity index (χ0) is 15.2. The zero-order valence-electron chi connectivity index (χ0n) is 11.5. The van der Waals surface area contributed by atoms with Crippen LogP contribution in [0.4, 0.5) is 27.4 Å². The number of hydrogen-bond donors (Lipinski definition) is 2. The molecule has 0 aliphatic heterocycles. The topological polar surface area (TPSA) is 80.1 Å². The summed E-state index contributed by atoms with van der Waals surface area (Å²) in [6.45, 7) is 2.72. The third kappa shape index (κ3) is 3.88. The predicted molar refractivity (Wildman–Crippen MR) is 79.4 cm³/mol. The molecular formula is C14H15FN4O2. The molecule has 1 aromatic heterocycles. The molecular weight excluding hydrogens is 275 g/mol. The summed E-state index contributed by atoms with van der Waals surface area (Å²) >= 11 is 0. The maximum absolute atomic E-state index is 13.2. The molecule has 0 fully saturated rings. The molecule has 0 saturated heterocycles. The Morgan fingerprint density at radius 2 is 2.14 bits per heavy atom. The van der Waals surface area contributed by atoms with E-state index in [9.17, 15) is 14.5 Å².